The van der Waals surface area contributed by atoms with Gasteiger partial charge in [0.15, 0.2) is 11.5 Å². The van der Waals surface area contributed by atoms with Gasteiger partial charge in [0.1, 0.15) is 0 Å². The molecule has 156 valence electrons. The summed E-state index contributed by atoms with van der Waals surface area (Å²) in [6.45, 7) is 1.05. The van der Waals surface area contributed by atoms with E-state index in [0.29, 0.717) is 35.9 Å². The Morgan fingerprint density at radius 1 is 1.03 bits per heavy atom. The highest BCUT2D eigenvalue weighted by molar-refractivity contribution is 6.01. The summed E-state index contributed by atoms with van der Waals surface area (Å²) in [5.41, 5.74) is 3.28. The molecule has 0 aromatic heterocycles. The van der Waals surface area contributed by atoms with Gasteiger partial charge < -0.3 is 25.0 Å². The monoisotopic (exact) mass is 407 g/mol. The number of aryl methyl sites for hydroxylation is 1. The number of methoxy groups -OCH3 is 2. The van der Waals surface area contributed by atoms with Crippen LogP contribution in [0.25, 0.3) is 0 Å². The molecule has 30 heavy (non-hydrogen) atoms. The molecule has 7 nitrogen and oxygen atoms in total. The highest BCUT2D eigenvalue weighted by atomic mass is 16.5. The smallest absolute Gasteiger partial charge is 0.319 e. The number of carbonyl (C=O) groups is 2. The van der Waals surface area contributed by atoms with Crippen molar-refractivity contribution < 1.29 is 19.1 Å². The Balaban J connectivity index is 1.51. The van der Waals surface area contributed by atoms with E-state index in [0.717, 1.165) is 18.4 Å². The molecule has 0 fully saturated rings. The summed E-state index contributed by atoms with van der Waals surface area (Å²) >= 11 is 0. The van der Waals surface area contributed by atoms with Crippen molar-refractivity contribution in [3.05, 3.63) is 70.9 Å². The number of ether oxygens (including phenoxy) is 2. The van der Waals surface area contributed by atoms with E-state index in [9.17, 15) is 9.59 Å². The van der Waals surface area contributed by atoms with E-state index in [-0.39, 0.29) is 11.9 Å². The van der Waals surface area contributed by atoms with Crippen LogP contribution in [0.1, 0.15) is 23.6 Å². The molecule has 2 aromatic rings. The standard InChI is InChI=1S/C23H25N3O4/c1-29-18-11-10-16(13-19(18)30-2)21-20-17(24-23(28)25-21)14-26(22(20)27)12-6-9-15-7-4-3-5-8-15/h3-5,7-8,10-11,13,21H,6,9,12,14H2,1-2H3,(H2,24,25,28). The quantitative estimate of drug-likeness (QED) is 0.740. The Labute approximate surface area is 175 Å². The Hall–Kier alpha value is -3.48. The van der Waals surface area contributed by atoms with Gasteiger partial charge in [0.05, 0.1) is 38.1 Å². The first-order valence-electron chi connectivity index (χ1n) is 9.96. The lowest BCUT2D eigenvalue weighted by molar-refractivity contribution is -0.125. The van der Waals surface area contributed by atoms with Gasteiger partial charge >= 0.3 is 6.03 Å². The zero-order chi connectivity index (χ0) is 21.1. The van der Waals surface area contributed by atoms with E-state index in [1.807, 2.05) is 24.3 Å². The maximum absolute atomic E-state index is 13.2. The second-order valence-electron chi connectivity index (χ2n) is 7.35. The van der Waals surface area contributed by atoms with Gasteiger partial charge in [-0.2, -0.15) is 0 Å². The van der Waals surface area contributed by atoms with Crippen molar-refractivity contribution in [1.82, 2.24) is 15.5 Å². The van der Waals surface area contributed by atoms with E-state index in [4.69, 9.17) is 9.47 Å². The first-order valence-corrected chi connectivity index (χ1v) is 9.96. The van der Waals surface area contributed by atoms with Crippen molar-refractivity contribution >= 4 is 11.9 Å². The fraction of sp³-hybridized carbons (Fsp3) is 0.304. The van der Waals surface area contributed by atoms with Gasteiger partial charge in [0.25, 0.3) is 5.91 Å². The first-order chi connectivity index (χ1) is 14.6. The number of hydrogen-bond donors (Lipinski definition) is 2. The molecule has 1 unspecified atom stereocenters. The summed E-state index contributed by atoms with van der Waals surface area (Å²) in [6, 6.07) is 14.8. The van der Waals surface area contributed by atoms with Gasteiger partial charge in [0.2, 0.25) is 0 Å². The molecule has 4 rings (SSSR count). The van der Waals surface area contributed by atoms with Gasteiger partial charge in [-0.15, -0.1) is 0 Å². The molecule has 3 amide bonds. The van der Waals surface area contributed by atoms with Crippen LogP contribution in [0.4, 0.5) is 4.79 Å². The van der Waals surface area contributed by atoms with E-state index in [1.54, 1.807) is 31.3 Å². The minimum Gasteiger partial charge on any atom is -0.493 e. The predicted molar refractivity (Wildman–Crippen MR) is 112 cm³/mol. The van der Waals surface area contributed by atoms with Gasteiger partial charge in [-0.25, -0.2) is 4.79 Å². The van der Waals surface area contributed by atoms with Crippen molar-refractivity contribution in [2.75, 3.05) is 27.3 Å². The van der Waals surface area contributed by atoms with Gasteiger partial charge in [-0.1, -0.05) is 36.4 Å². The van der Waals surface area contributed by atoms with Gasteiger partial charge in [0, 0.05) is 6.54 Å². The molecule has 2 N–H and O–H groups in total. The van der Waals surface area contributed by atoms with E-state index < -0.39 is 6.04 Å². The number of urea groups is 1. The minimum atomic E-state index is -0.528. The van der Waals surface area contributed by atoms with Gasteiger partial charge in [-0.05, 0) is 36.1 Å². The van der Waals surface area contributed by atoms with E-state index >= 15 is 0 Å². The lowest BCUT2D eigenvalue weighted by Crippen LogP contribution is -2.44. The maximum Gasteiger partial charge on any atom is 0.319 e. The second-order valence-corrected chi connectivity index (χ2v) is 7.35. The molecule has 0 radical (unpaired) electrons. The highest BCUT2D eigenvalue weighted by Gasteiger charge is 2.40. The summed E-state index contributed by atoms with van der Waals surface area (Å²) in [5.74, 6) is 1.09. The number of rotatable bonds is 7. The van der Waals surface area contributed by atoms with Crippen molar-refractivity contribution in [2.24, 2.45) is 0 Å². The highest BCUT2D eigenvalue weighted by Crippen LogP contribution is 2.36. The minimum absolute atomic E-state index is 0.0506. The zero-order valence-corrected chi connectivity index (χ0v) is 17.1. The maximum atomic E-state index is 13.2. The molecule has 2 heterocycles. The van der Waals surface area contributed by atoms with Crippen LogP contribution in [0.3, 0.4) is 0 Å². The number of hydrogen-bond acceptors (Lipinski definition) is 4. The Morgan fingerprint density at radius 3 is 2.53 bits per heavy atom. The molecular formula is C23H25N3O4. The molecule has 7 heteroatoms. The Morgan fingerprint density at radius 2 is 1.80 bits per heavy atom. The van der Waals surface area contributed by atoms with Crippen LogP contribution in [0, 0.1) is 0 Å². The molecule has 2 aromatic carbocycles. The van der Waals surface area contributed by atoms with Crippen molar-refractivity contribution in [3.63, 3.8) is 0 Å². The van der Waals surface area contributed by atoms with Crippen LogP contribution in [0.15, 0.2) is 59.8 Å². The SMILES string of the molecule is COc1ccc(C2NC(=O)NC3=C2C(=O)N(CCCc2ccccc2)C3)cc1OC. The molecule has 0 saturated heterocycles. The third-order valence-electron chi connectivity index (χ3n) is 5.50. The third-order valence-corrected chi connectivity index (χ3v) is 5.50. The molecule has 2 aliphatic rings. The van der Waals surface area contributed by atoms with E-state index in [2.05, 4.69) is 22.8 Å². The Bertz CT molecular complexity index is 987. The topological polar surface area (TPSA) is 79.9 Å². The Kier molecular flexibility index (Phi) is 5.61. The molecule has 1 atom stereocenters. The van der Waals surface area contributed by atoms with Crippen molar-refractivity contribution in [2.45, 2.75) is 18.9 Å². The van der Waals surface area contributed by atoms with Crippen molar-refractivity contribution in [3.8, 4) is 11.5 Å². The second kappa shape index (κ2) is 8.49. The number of carbonyl (C=O) groups excluding carboxylic acids is 2. The summed E-state index contributed by atoms with van der Waals surface area (Å²) in [4.78, 5) is 27.2. The van der Waals surface area contributed by atoms with E-state index in [1.165, 1.54) is 5.56 Å². The summed E-state index contributed by atoms with van der Waals surface area (Å²) in [6.07, 6.45) is 1.76. The normalized spacial score (nSPS) is 18.1. The lowest BCUT2D eigenvalue weighted by atomic mass is 9.96. The van der Waals surface area contributed by atoms with Crippen LogP contribution in [-0.2, 0) is 11.2 Å². The molecule has 0 bridgehead atoms. The number of nitrogens with zero attached hydrogens (tertiary/aromatic N) is 1. The van der Waals surface area contributed by atoms with Crippen LogP contribution >= 0.6 is 0 Å². The third kappa shape index (κ3) is 3.83. The summed E-state index contributed by atoms with van der Waals surface area (Å²) < 4.78 is 10.7. The molecule has 0 spiro atoms. The summed E-state index contributed by atoms with van der Waals surface area (Å²) in [5, 5.41) is 5.68. The number of nitrogens with one attached hydrogen (secondary N) is 2. The molecular weight excluding hydrogens is 382 g/mol. The average Bonchev–Trinajstić information content (AvgIpc) is 3.08. The largest absolute Gasteiger partial charge is 0.493 e. The van der Waals surface area contributed by atoms with Crippen molar-refractivity contribution in [1.29, 1.82) is 0 Å². The fourth-order valence-corrected chi connectivity index (χ4v) is 4.01. The predicted octanol–water partition coefficient (Wildman–Crippen LogP) is 2.79. The van der Waals surface area contributed by atoms with Crippen LogP contribution in [0.2, 0.25) is 0 Å². The van der Waals surface area contributed by atoms with Crippen LogP contribution in [0.5, 0.6) is 11.5 Å². The summed E-state index contributed by atoms with van der Waals surface area (Å²) in [7, 11) is 3.13. The number of benzene rings is 2. The fourth-order valence-electron chi connectivity index (χ4n) is 4.01. The lowest BCUT2D eigenvalue weighted by Gasteiger charge is -2.26. The molecule has 2 aliphatic heterocycles. The zero-order valence-electron chi connectivity index (χ0n) is 17.1. The van der Waals surface area contributed by atoms with Crippen LogP contribution in [-0.4, -0.2) is 44.1 Å². The average molecular weight is 407 g/mol. The van der Waals surface area contributed by atoms with Gasteiger partial charge in [-0.3, -0.25) is 4.79 Å². The molecule has 0 saturated carbocycles. The van der Waals surface area contributed by atoms with Crippen LogP contribution < -0.4 is 20.1 Å². The number of amides is 3. The molecule has 0 aliphatic carbocycles. The first kappa shape index (κ1) is 19.8.